The van der Waals surface area contributed by atoms with Crippen molar-refractivity contribution in [3.63, 3.8) is 0 Å². The topological polar surface area (TPSA) is 297 Å². The van der Waals surface area contributed by atoms with Crippen LogP contribution in [0.4, 0.5) is 28.4 Å². The fourth-order valence-corrected chi connectivity index (χ4v) is 6.31. The van der Waals surface area contributed by atoms with Gasteiger partial charge in [0.25, 0.3) is 35.2 Å². The number of phenolic OH excluding ortho intramolecular Hbond substituents is 1. The standard InChI is InChI=1S/C48H49N7O13/c1-7-26(4)68-38-24-31(27(5)56)14-22-36(38)52-47(62)35-21-23-37(41(40(35)57)67-25(2)3)53-45(60)28-8-17-33(18-9-28)51-48(63)42(66-6)39(43(49)58)54-46(61)29-10-15-32(16-11-29)50-44(59)30-12-19-34(20-13-30)55(64)65/h8-26,39,42,57H,7H2,1-6H3,(H2,49,58)(H,50,59)(H,51,63)(H,52,62)(H,53,60)(H,54,61). The van der Waals surface area contributed by atoms with Crippen molar-refractivity contribution in [2.24, 2.45) is 5.73 Å². The molecule has 8 N–H and O–H groups in total. The number of nitro benzene ring substituents is 1. The number of hydrogen-bond donors (Lipinski definition) is 7. The number of methoxy groups -OCH3 is 1. The first-order chi connectivity index (χ1) is 32.3. The van der Waals surface area contributed by atoms with Crippen molar-refractivity contribution in [2.45, 2.75) is 65.4 Å². The lowest BCUT2D eigenvalue weighted by Crippen LogP contribution is -2.56. The zero-order valence-corrected chi connectivity index (χ0v) is 37.7. The second kappa shape index (κ2) is 22.5. The second-order valence-corrected chi connectivity index (χ2v) is 15.4. The van der Waals surface area contributed by atoms with Gasteiger partial charge in [0.05, 0.1) is 34.1 Å². The molecule has 5 rings (SSSR count). The van der Waals surface area contributed by atoms with E-state index in [2.05, 4.69) is 26.6 Å². The lowest BCUT2D eigenvalue weighted by molar-refractivity contribution is -0.384. The number of nitrogens with one attached hydrogen (secondary N) is 5. The molecule has 0 fully saturated rings. The summed E-state index contributed by atoms with van der Waals surface area (Å²) in [5.74, 6) is -5.39. The fourth-order valence-electron chi connectivity index (χ4n) is 6.31. The third kappa shape index (κ3) is 12.8. The van der Waals surface area contributed by atoms with Crippen LogP contribution >= 0.6 is 0 Å². The van der Waals surface area contributed by atoms with E-state index in [1.165, 1.54) is 110 Å². The average molecular weight is 932 g/mol. The van der Waals surface area contributed by atoms with E-state index in [9.17, 15) is 48.8 Å². The molecule has 5 aromatic carbocycles. The zero-order valence-electron chi connectivity index (χ0n) is 37.7. The van der Waals surface area contributed by atoms with Crippen molar-refractivity contribution in [2.75, 3.05) is 28.4 Å². The van der Waals surface area contributed by atoms with Crippen LogP contribution in [0, 0.1) is 10.1 Å². The van der Waals surface area contributed by atoms with Crippen molar-refractivity contribution in [1.29, 1.82) is 0 Å². The quantitative estimate of drug-likeness (QED) is 0.0251. The van der Waals surface area contributed by atoms with Gasteiger partial charge in [0.1, 0.15) is 11.8 Å². The molecule has 354 valence electrons. The van der Waals surface area contributed by atoms with Crippen molar-refractivity contribution in [3.8, 4) is 17.2 Å². The molecule has 0 saturated heterocycles. The smallest absolute Gasteiger partial charge is 0.269 e. The Kier molecular flexibility index (Phi) is 16.7. The van der Waals surface area contributed by atoms with Gasteiger partial charge in [-0.3, -0.25) is 43.7 Å². The molecule has 20 nitrogen and oxygen atoms in total. The number of nitro groups is 1. The van der Waals surface area contributed by atoms with E-state index in [-0.39, 0.29) is 74.1 Å². The lowest BCUT2D eigenvalue weighted by atomic mass is 10.1. The number of non-ortho nitro benzene ring substituents is 1. The maximum atomic E-state index is 13.6. The average Bonchev–Trinajstić information content (AvgIpc) is 3.30. The number of carbonyl (C=O) groups is 7. The van der Waals surface area contributed by atoms with Gasteiger partial charge >= 0.3 is 0 Å². The van der Waals surface area contributed by atoms with Crippen LogP contribution in [0.15, 0.2) is 103 Å². The van der Waals surface area contributed by atoms with Gasteiger partial charge in [0, 0.05) is 52.9 Å². The minimum absolute atomic E-state index is 0.0312. The first kappa shape index (κ1) is 50.4. The molecule has 0 saturated carbocycles. The van der Waals surface area contributed by atoms with Gasteiger partial charge in [-0.25, -0.2) is 0 Å². The van der Waals surface area contributed by atoms with Crippen molar-refractivity contribution in [3.05, 3.63) is 141 Å². The highest BCUT2D eigenvalue weighted by Gasteiger charge is 2.34. The van der Waals surface area contributed by atoms with Crippen LogP contribution in [0.3, 0.4) is 0 Å². The predicted octanol–water partition coefficient (Wildman–Crippen LogP) is 6.46. The molecule has 3 atom stereocenters. The SMILES string of the molecule is CCC(C)Oc1cc(C(C)=O)ccc1NC(=O)c1ccc(NC(=O)c2ccc(NC(=O)C(OC)C(NC(=O)c3ccc(NC(=O)c4ccc([N+](=O)[O-])cc4)cc3)C(N)=O)cc2)c(OC(C)C)c1O. The Morgan fingerprint density at radius 2 is 1.19 bits per heavy atom. The summed E-state index contributed by atoms with van der Waals surface area (Å²) in [6.45, 7) is 8.54. The Morgan fingerprint density at radius 3 is 1.72 bits per heavy atom. The fraction of sp³-hybridized carbons (Fsp3) is 0.229. The number of carbonyl (C=O) groups excluding carboxylic acids is 7. The molecule has 0 aliphatic rings. The van der Waals surface area contributed by atoms with Crippen LogP contribution < -0.4 is 41.8 Å². The van der Waals surface area contributed by atoms with Gasteiger partial charge in [-0.15, -0.1) is 0 Å². The van der Waals surface area contributed by atoms with E-state index in [4.69, 9.17) is 19.9 Å². The van der Waals surface area contributed by atoms with Gasteiger partial charge in [-0.1, -0.05) is 6.92 Å². The van der Waals surface area contributed by atoms with Crippen molar-refractivity contribution >= 4 is 69.7 Å². The number of phenols is 1. The lowest BCUT2D eigenvalue weighted by Gasteiger charge is -2.24. The van der Waals surface area contributed by atoms with Crippen LogP contribution in [-0.2, 0) is 14.3 Å². The zero-order chi connectivity index (χ0) is 49.8. The molecule has 6 amide bonds. The maximum absolute atomic E-state index is 13.6. The monoisotopic (exact) mass is 931 g/mol. The number of aromatic hydroxyl groups is 1. The van der Waals surface area contributed by atoms with Crippen LogP contribution in [0.25, 0.3) is 0 Å². The maximum Gasteiger partial charge on any atom is 0.269 e. The molecule has 0 spiro atoms. The number of nitrogens with zero attached hydrogens (tertiary/aromatic N) is 1. The number of ether oxygens (including phenoxy) is 3. The molecule has 68 heavy (non-hydrogen) atoms. The van der Waals surface area contributed by atoms with Gasteiger partial charge < -0.3 is 51.6 Å². The minimum Gasteiger partial charge on any atom is -0.504 e. The highest BCUT2D eigenvalue weighted by molar-refractivity contribution is 6.10. The summed E-state index contributed by atoms with van der Waals surface area (Å²) >= 11 is 0. The van der Waals surface area contributed by atoms with Crippen LogP contribution in [-0.4, -0.2) is 82.7 Å². The number of primary amides is 1. The van der Waals surface area contributed by atoms with E-state index in [0.29, 0.717) is 12.0 Å². The Balaban J connectivity index is 1.23. The Bertz CT molecular complexity index is 2720. The third-order valence-corrected chi connectivity index (χ3v) is 10.1. The molecule has 0 aromatic heterocycles. The van der Waals surface area contributed by atoms with E-state index in [0.717, 1.165) is 7.11 Å². The normalized spacial score (nSPS) is 12.1. The van der Waals surface area contributed by atoms with Gasteiger partial charge in [-0.2, -0.15) is 0 Å². The highest BCUT2D eigenvalue weighted by Crippen LogP contribution is 2.40. The summed E-state index contributed by atoms with van der Waals surface area (Å²) in [7, 11) is 1.13. The summed E-state index contributed by atoms with van der Waals surface area (Å²) in [4.78, 5) is 101. The summed E-state index contributed by atoms with van der Waals surface area (Å²) in [6.07, 6.45) is -1.70. The highest BCUT2D eigenvalue weighted by atomic mass is 16.6. The molecular weight excluding hydrogens is 883 g/mol. The third-order valence-electron chi connectivity index (χ3n) is 10.1. The van der Waals surface area contributed by atoms with E-state index >= 15 is 0 Å². The van der Waals surface area contributed by atoms with Crippen LogP contribution in [0.5, 0.6) is 17.2 Å². The molecule has 0 heterocycles. The molecule has 0 radical (unpaired) electrons. The number of anilines is 4. The van der Waals surface area contributed by atoms with Gasteiger partial charge in [0.15, 0.2) is 23.4 Å². The number of nitrogens with two attached hydrogens (primary N) is 1. The first-order valence-electron chi connectivity index (χ1n) is 21.0. The van der Waals surface area contributed by atoms with Gasteiger partial charge in [-0.05, 0) is 125 Å². The Hall–Kier alpha value is -8.65. The minimum atomic E-state index is -1.66. The summed E-state index contributed by atoms with van der Waals surface area (Å²) in [5, 5.41) is 35.2. The summed E-state index contributed by atoms with van der Waals surface area (Å²) in [5.41, 5.74) is 6.63. The van der Waals surface area contributed by atoms with E-state index in [1.54, 1.807) is 13.8 Å². The number of ketones is 1. The largest absolute Gasteiger partial charge is 0.504 e. The Labute approximate surface area is 389 Å². The molecule has 3 unspecified atom stereocenters. The van der Waals surface area contributed by atoms with E-state index in [1.807, 2.05) is 13.8 Å². The van der Waals surface area contributed by atoms with E-state index < -0.39 is 64.4 Å². The van der Waals surface area contributed by atoms with Gasteiger partial charge in [0.2, 0.25) is 5.91 Å². The number of Topliss-reactive ketones (excluding diaryl/α,β-unsaturated/α-hetero) is 1. The molecule has 5 aromatic rings. The molecule has 0 aliphatic carbocycles. The molecule has 0 aliphatic heterocycles. The number of amides is 6. The van der Waals surface area contributed by atoms with Crippen LogP contribution in [0.1, 0.15) is 92.8 Å². The second-order valence-electron chi connectivity index (χ2n) is 15.4. The molecule has 20 heteroatoms. The number of benzene rings is 5. The number of hydrogen-bond acceptors (Lipinski definition) is 13. The molecule has 0 bridgehead atoms. The van der Waals surface area contributed by atoms with Crippen molar-refractivity contribution in [1.82, 2.24) is 5.32 Å². The Morgan fingerprint density at radius 1 is 0.676 bits per heavy atom. The summed E-state index contributed by atoms with van der Waals surface area (Å²) in [6, 6.07) is 21.6. The van der Waals surface area contributed by atoms with Crippen LogP contribution in [0.2, 0.25) is 0 Å². The first-order valence-corrected chi connectivity index (χ1v) is 21.0. The molecular formula is C48H49N7O13. The van der Waals surface area contributed by atoms with Crippen molar-refractivity contribution < 1.29 is 57.8 Å². The predicted molar refractivity (Wildman–Crippen MR) is 250 cm³/mol. The summed E-state index contributed by atoms with van der Waals surface area (Å²) < 4.78 is 17.1. The number of rotatable bonds is 20.